The van der Waals surface area contributed by atoms with Crippen LogP contribution < -0.4 is 10.1 Å². The summed E-state index contributed by atoms with van der Waals surface area (Å²) in [5.41, 5.74) is 1.20. The lowest BCUT2D eigenvalue weighted by Crippen LogP contribution is -2.30. The molecule has 106 valence electrons. The van der Waals surface area contributed by atoms with Gasteiger partial charge in [-0.1, -0.05) is 0 Å². The first-order chi connectivity index (χ1) is 9.20. The lowest BCUT2D eigenvalue weighted by molar-refractivity contribution is 0.0545. The van der Waals surface area contributed by atoms with Crippen LogP contribution in [0.4, 0.5) is 0 Å². The predicted molar refractivity (Wildman–Crippen MR) is 75.3 cm³/mol. The van der Waals surface area contributed by atoms with Crippen molar-refractivity contribution in [3.63, 3.8) is 0 Å². The summed E-state index contributed by atoms with van der Waals surface area (Å²) in [5.74, 6) is 1.45. The molecule has 1 aromatic heterocycles. The van der Waals surface area contributed by atoms with Crippen molar-refractivity contribution in [2.24, 2.45) is 5.92 Å². The monoisotopic (exact) mass is 264 g/mol. The Bertz CT molecular complexity index is 389. The van der Waals surface area contributed by atoms with Gasteiger partial charge in [0.1, 0.15) is 5.75 Å². The third-order valence-electron chi connectivity index (χ3n) is 3.51. The van der Waals surface area contributed by atoms with Gasteiger partial charge >= 0.3 is 0 Å². The smallest absolute Gasteiger partial charge is 0.138 e. The molecule has 0 amide bonds. The van der Waals surface area contributed by atoms with Crippen LogP contribution in [0.3, 0.4) is 0 Å². The van der Waals surface area contributed by atoms with Crippen LogP contribution in [0, 0.1) is 5.92 Å². The summed E-state index contributed by atoms with van der Waals surface area (Å²) in [6.07, 6.45) is 6.08. The molecule has 1 unspecified atom stereocenters. The third kappa shape index (κ3) is 3.91. The molecule has 4 nitrogen and oxygen atoms in total. The highest BCUT2D eigenvalue weighted by atomic mass is 16.5. The molecule has 0 saturated carbocycles. The van der Waals surface area contributed by atoms with E-state index in [0.29, 0.717) is 12.0 Å². The van der Waals surface area contributed by atoms with Crippen molar-refractivity contribution in [2.45, 2.75) is 38.8 Å². The number of nitrogens with zero attached hydrogens (tertiary/aromatic N) is 1. The average Bonchev–Trinajstić information content (AvgIpc) is 2.40. The number of aromatic nitrogens is 1. The normalized spacial score (nSPS) is 18.5. The summed E-state index contributed by atoms with van der Waals surface area (Å²) < 4.78 is 11.2. The van der Waals surface area contributed by atoms with Gasteiger partial charge in [-0.05, 0) is 51.3 Å². The summed E-state index contributed by atoms with van der Waals surface area (Å²) in [7, 11) is 2.01. The number of rotatable bonds is 5. The Morgan fingerprint density at radius 1 is 1.32 bits per heavy atom. The summed E-state index contributed by atoms with van der Waals surface area (Å²) in [5, 5.41) is 3.42. The van der Waals surface area contributed by atoms with Crippen molar-refractivity contribution in [1.82, 2.24) is 10.3 Å². The summed E-state index contributed by atoms with van der Waals surface area (Å²) in [6.45, 7) is 5.78. The van der Waals surface area contributed by atoms with Gasteiger partial charge in [-0.3, -0.25) is 4.98 Å². The standard InChI is InChI=1S/C15H24N2O2/c1-11(2)19-14-8-13(9-17-10-14)15(16-3)12-4-6-18-7-5-12/h8-12,15-16H,4-7H2,1-3H3. The SMILES string of the molecule is CNC(c1cncc(OC(C)C)c1)C1CCOCC1. The largest absolute Gasteiger partial charge is 0.489 e. The van der Waals surface area contributed by atoms with Gasteiger partial charge in [0.25, 0.3) is 0 Å². The van der Waals surface area contributed by atoms with E-state index in [1.807, 2.05) is 27.1 Å². The maximum absolute atomic E-state index is 5.72. The quantitative estimate of drug-likeness (QED) is 0.887. The van der Waals surface area contributed by atoms with E-state index in [4.69, 9.17) is 9.47 Å². The molecule has 4 heteroatoms. The molecular weight excluding hydrogens is 240 g/mol. The molecule has 0 spiro atoms. The minimum atomic E-state index is 0.174. The Balaban J connectivity index is 2.12. The zero-order chi connectivity index (χ0) is 13.7. The van der Waals surface area contributed by atoms with E-state index in [1.54, 1.807) is 6.20 Å². The fourth-order valence-electron chi connectivity index (χ4n) is 2.67. The lowest BCUT2D eigenvalue weighted by Gasteiger charge is -2.30. The Morgan fingerprint density at radius 3 is 2.68 bits per heavy atom. The zero-order valence-electron chi connectivity index (χ0n) is 12.1. The van der Waals surface area contributed by atoms with E-state index >= 15 is 0 Å². The molecular formula is C15H24N2O2. The first-order valence-corrected chi connectivity index (χ1v) is 7.07. The molecule has 2 rings (SSSR count). The van der Waals surface area contributed by atoms with Crippen LogP contribution in [0.15, 0.2) is 18.5 Å². The molecule has 1 atom stereocenters. The molecule has 0 aromatic carbocycles. The fourth-order valence-corrected chi connectivity index (χ4v) is 2.67. The van der Waals surface area contributed by atoms with Crippen LogP contribution >= 0.6 is 0 Å². The van der Waals surface area contributed by atoms with Crippen molar-refractivity contribution in [3.05, 3.63) is 24.0 Å². The Kier molecular flexibility index (Phi) is 5.16. The van der Waals surface area contributed by atoms with E-state index in [1.165, 1.54) is 5.56 Å². The maximum atomic E-state index is 5.72. The van der Waals surface area contributed by atoms with Gasteiger partial charge in [-0.25, -0.2) is 0 Å². The highest BCUT2D eigenvalue weighted by molar-refractivity contribution is 5.26. The number of hydrogen-bond donors (Lipinski definition) is 1. The molecule has 19 heavy (non-hydrogen) atoms. The van der Waals surface area contributed by atoms with E-state index < -0.39 is 0 Å². The average molecular weight is 264 g/mol. The number of hydrogen-bond acceptors (Lipinski definition) is 4. The van der Waals surface area contributed by atoms with E-state index in [9.17, 15) is 0 Å². The molecule has 1 aliphatic heterocycles. The number of ether oxygens (including phenoxy) is 2. The number of nitrogens with one attached hydrogen (secondary N) is 1. The van der Waals surface area contributed by atoms with Crippen LogP contribution in [0.1, 0.15) is 38.3 Å². The van der Waals surface area contributed by atoms with Crippen LogP contribution in [0.2, 0.25) is 0 Å². The molecule has 1 aromatic rings. The molecule has 0 aliphatic carbocycles. The molecule has 1 N–H and O–H groups in total. The Hall–Kier alpha value is -1.13. The van der Waals surface area contributed by atoms with Crippen molar-refractivity contribution in [3.8, 4) is 5.75 Å². The van der Waals surface area contributed by atoms with E-state index in [-0.39, 0.29) is 6.10 Å². The minimum absolute atomic E-state index is 0.174. The maximum Gasteiger partial charge on any atom is 0.138 e. The highest BCUT2D eigenvalue weighted by Crippen LogP contribution is 2.30. The fraction of sp³-hybridized carbons (Fsp3) is 0.667. The lowest BCUT2D eigenvalue weighted by atomic mass is 9.88. The van der Waals surface area contributed by atoms with Crippen molar-refractivity contribution >= 4 is 0 Å². The first kappa shape index (κ1) is 14.3. The van der Waals surface area contributed by atoms with Gasteiger partial charge in [0, 0.05) is 25.5 Å². The van der Waals surface area contributed by atoms with Crippen molar-refractivity contribution in [1.29, 1.82) is 0 Å². The second-order valence-electron chi connectivity index (χ2n) is 5.34. The first-order valence-electron chi connectivity index (χ1n) is 7.07. The van der Waals surface area contributed by atoms with Gasteiger partial charge in [-0.15, -0.1) is 0 Å². The second kappa shape index (κ2) is 6.87. The predicted octanol–water partition coefficient (Wildman–Crippen LogP) is 2.56. The van der Waals surface area contributed by atoms with Crippen molar-refractivity contribution < 1.29 is 9.47 Å². The molecule has 1 saturated heterocycles. The Labute approximate surface area is 115 Å². The second-order valence-corrected chi connectivity index (χ2v) is 5.34. The summed E-state index contributed by atoms with van der Waals surface area (Å²) in [6, 6.07) is 2.43. The minimum Gasteiger partial charge on any atom is -0.489 e. The topological polar surface area (TPSA) is 43.4 Å². The molecule has 2 heterocycles. The number of pyridine rings is 1. The molecule has 0 bridgehead atoms. The van der Waals surface area contributed by atoms with Gasteiger partial charge < -0.3 is 14.8 Å². The van der Waals surface area contributed by atoms with E-state index in [2.05, 4.69) is 16.4 Å². The van der Waals surface area contributed by atoms with E-state index in [0.717, 1.165) is 31.8 Å². The van der Waals surface area contributed by atoms with Crippen LogP contribution in [0.25, 0.3) is 0 Å². The zero-order valence-corrected chi connectivity index (χ0v) is 12.1. The van der Waals surface area contributed by atoms with Gasteiger partial charge in [-0.2, -0.15) is 0 Å². The third-order valence-corrected chi connectivity index (χ3v) is 3.51. The Morgan fingerprint density at radius 2 is 2.05 bits per heavy atom. The van der Waals surface area contributed by atoms with Crippen LogP contribution in [-0.4, -0.2) is 31.3 Å². The molecule has 1 aliphatic rings. The van der Waals surface area contributed by atoms with Gasteiger partial charge in [0.2, 0.25) is 0 Å². The molecule has 1 fully saturated rings. The van der Waals surface area contributed by atoms with Gasteiger partial charge in [0.15, 0.2) is 0 Å². The van der Waals surface area contributed by atoms with Crippen LogP contribution in [0.5, 0.6) is 5.75 Å². The summed E-state index contributed by atoms with van der Waals surface area (Å²) >= 11 is 0. The highest BCUT2D eigenvalue weighted by Gasteiger charge is 2.24. The van der Waals surface area contributed by atoms with Gasteiger partial charge in [0.05, 0.1) is 12.3 Å². The van der Waals surface area contributed by atoms with Crippen LogP contribution in [-0.2, 0) is 4.74 Å². The van der Waals surface area contributed by atoms with Crippen molar-refractivity contribution in [2.75, 3.05) is 20.3 Å². The molecule has 0 radical (unpaired) electrons. The summed E-state index contributed by atoms with van der Waals surface area (Å²) in [4.78, 5) is 4.31.